The number of amidine groups is 1. The zero-order chi connectivity index (χ0) is 11.7. The number of oxime groups is 1. The third-order valence-electron chi connectivity index (χ3n) is 2.00. The molecular weight excluding hydrogens is 194 g/mol. The molecule has 0 aliphatic rings. The minimum absolute atomic E-state index is 0.0410. The third-order valence-corrected chi connectivity index (χ3v) is 2.00. The average molecular weight is 215 g/mol. The van der Waals surface area contributed by atoms with Gasteiger partial charge in [0.15, 0.2) is 0 Å². The number of nitrogens with zero attached hydrogens (tertiary/aromatic N) is 1. The van der Waals surface area contributed by atoms with Crippen LogP contribution in [0.15, 0.2) is 5.16 Å². The highest BCUT2D eigenvalue weighted by Crippen LogP contribution is 2.04. The molecule has 0 aliphatic heterocycles. The second kappa shape index (κ2) is 8.08. The lowest BCUT2D eigenvalue weighted by Crippen LogP contribution is -2.29. The summed E-state index contributed by atoms with van der Waals surface area (Å²) >= 11 is 0. The van der Waals surface area contributed by atoms with Crippen molar-refractivity contribution in [1.82, 2.24) is 5.32 Å². The monoisotopic (exact) mass is 215 g/mol. The van der Waals surface area contributed by atoms with Gasteiger partial charge in [-0.2, -0.15) is 0 Å². The molecule has 0 atom stereocenters. The van der Waals surface area contributed by atoms with Crippen LogP contribution in [0.1, 0.15) is 39.5 Å². The summed E-state index contributed by atoms with van der Waals surface area (Å²) in [6.07, 6.45) is 3.22. The van der Waals surface area contributed by atoms with E-state index in [9.17, 15) is 4.79 Å². The van der Waals surface area contributed by atoms with Crippen molar-refractivity contribution in [1.29, 1.82) is 0 Å². The van der Waals surface area contributed by atoms with Gasteiger partial charge in [0.1, 0.15) is 5.84 Å². The second-order valence-electron chi connectivity index (χ2n) is 4.01. The van der Waals surface area contributed by atoms with Crippen molar-refractivity contribution in [2.75, 3.05) is 6.54 Å². The van der Waals surface area contributed by atoms with Crippen molar-refractivity contribution < 1.29 is 10.0 Å². The number of nitrogens with one attached hydrogen (secondary N) is 1. The van der Waals surface area contributed by atoms with E-state index in [2.05, 4.69) is 24.3 Å². The SMILES string of the molecule is CC(C)CCCCNC(=O)CC(N)=NO. The fourth-order valence-electron chi connectivity index (χ4n) is 1.17. The van der Waals surface area contributed by atoms with Gasteiger partial charge >= 0.3 is 0 Å². The van der Waals surface area contributed by atoms with Gasteiger partial charge in [0, 0.05) is 6.54 Å². The van der Waals surface area contributed by atoms with Gasteiger partial charge < -0.3 is 16.3 Å². The van der Waals surface area contributed by atoms with E-state index in [1.807, 2.05) is 0 Å². The molecule has 0 saturated carbocycles. The zero-order valence-electron chi connectivity index (χ0n) is 9.49. The first kappa shape index (κ1) is 13.7. The topological polar surface area (TPSA) is 87.7 Å². The molecule has 88 valence electrons. The molecule has 15 heavy (non-hydrogen) atoms. The minimum Gasteiger partial charge on any atom is -0.409 e. The summed E-state index contributed by atoms with van der Waals surface area (Å²) in [6.45, 7) is 5.01. The first-order chi connectivity index (χ1) is 7.06. The highest BCUT2D eigenvalue weighted by atomic mass is 16.4. The number of amides is 1. The first-order valence-electron chi connectivity index (χ1n) is 5.29. The minimum atomic E-state index is -0.199. The van der Waals surface area contributed by atoms with Gasteiger partial charge in [-0.15, -0.1) is 0 Å². The van der Waals surface area contributed by atoms with E-state index in [1.54, 1.807) is 0 Å². The maximum atomic E-state index is 11.1. The predicted molar refractivity (Wildman–Crippen MR) is 59.7 cm³/mol. The summed E-state index contributed by atoms with van der Waals surface area (Å²) in [6, 6.07) is 0. The molecule has 0 fully saturated rings. The number of hydrogen-bond donors (Lipinski definition) is 3. The van der Waals surface area contributed by atoms with E-state index in [4.69, 9.17) is 10.9 Å². The van der Waals surface area contributed by atoms with Gasteiger partial charge in [-0.05, 0) is 12.3 Å². The first-order valence-corrected chi connectivity index (χ1v) is 5.29. The molecule has 0 unspecified atom stereocenters. The Morgan fingerprint density at radius 1 is 1.47 bits per heavy atom. The fourth-order valence-corrected chi connectivity index (χ4v) is 1.17. The van der Waals surface area contributed by atoms with E-state index >= 15 is 0 Å². The quantitative estimate of drug-likeness (QED) is 0.195. The lowest BCUT2D eigenvalue weighted by molar-refractivity contribution is -0.119. The van der Waals surface area contributed by atoms with Crippen LogP contribution in [0.25, 0.3) is 0 Å². The van der Waals surface area contributed by atoms with Crippen LogP contribution in [0.5, 0.6) is 0 Å². The molecule has 4 N–H and O–H groups in total. The smallest absolute Gasteiger partial charge is 0.227 e. The average Bonchev–Trinajstić information content (AvgIpc) is 2.16. The van der Waals surface area contributed by atoms with Gasteiger partial charge in [-0.3, -0.25) is 4.79 Å². The molecule has 0 rings (SSSR count). The normalized spacial score (nSPS) is 11.8. The molecule has 0 saturated heterocycles. The zero-order valence-corrected chi connectivity index (χ0v) is 9.49. The van der Waals surface area contributed by atoms with Crippen LogP contribution in [0.4, 0.5) is 0 Å². The van der Waals surface area contributed by atoms with Crippen molar-refractivity contribution in [2.45, 2.75) is 39.5 Å². The Morgan fingerprint density at radius 3 is 2.67 bits per heavy atom. The Labute approximate surface area is 90.7 Å². The van der Waals surface area contributed by atoms with Crippen molar-refractivity contribution >= 4 is 11.7 Å². The number of rotatable bonds is 7. The summed E-state index contributed by atoms with van der Waals surface area (Å²) in [5, 5.41) is 13.7. The maximum Gasteiger partial charge on any atom is 0.227 e. The number of unbranched alkanes of at least 4 members (excludes halogenated alkanes) is 1. The van der Waals surface area contributed by atoms with Crippen LogP contribution in [0.2, 0.25) is 0 Å². The molecular formula is C10H21N3O2. The molecule has 0 aromatic carbocycles. The Hall–Kier alpha value is -1.26. The second-order valence-corrected chi connectivity index (χ2v) is 4.01. The largest absolute Gasteiger partial charge is 0.409 e. The van der Waals surface area contributed by atoms with Crippen LogP contribution in [0, 0.1) is 5.92 Å². The summed E-state index contributed by atoms with van der Waals surface area (Å²) in [5.41, 5.74) is 5.18. The van der Waals surface area contributed by atoms with Crippen molar-refractivity contribution in [3.05, 3.63) is 0 Å². The van der Waals surface area contributed by atoms with Crippen LogP contribution < -0.4 is 11.1 Å². The van der Waals surface area contributed by atoms with Crippen LogP contribution in [-0.4, -0.2) is 23.5 Å². The molecule has 0 aliphatic carbocycles. The highest BCUT2D eigenvalue weighted by molar-refractivity contribution is 5.98. The molecule has 0 bridgehead atoms. The van der Waals surface area contributed by atoms with E-state index in [1.165, 1.54) is 6.42 Å². The Bertz CT molecular complexity index is 215. The summed E-state index contributed by atoms with van der Waals surface area (Å²) in [5.74, 6) is 0.447. The van der Waals surface area contributed by atoms with Gasteiger partial charge in [0.2, 0.25) is 5.91 Å². The van der Waals surface area contributed by atoms with E-state index in [0.29, 0.717) is 12.5 Å². The van der Waals surface area contributed by atoms with Crippen LogP contribution >= 0.6 is 0 Å². The highest BCUT2D eigenvalue weighted by Gasteiger charge is 2.03. The van der Waals surface area contributed by atoms with Crippen LogP contribution in [-0.2, 0) is 4.79 Å². The van der Waals surface area contributed by atoms with Crippen molar-refractivity contribution in [3.8, 4) is 0 Å². The molecule has 1 amide bonds. The van der Waals surface area contributed by atoms with Gasteiger partial charge in [0.05, 0.1) is 6.42 Å². The number of carbonyl (C=O) groups is 1. The number of carbonyl (C=O) groups excluding carboxylic acids is 1. The third kappa shape index (κ3) is 9.05. The number of nitrogens with two attached hydrogens (primary N) is 1. The molecule has 5 nitrogen and oxygen atoms in total. The maximum absolute atomic E-state index is 11.1. The number of hydrogen-bond acceptors (Lipinski definition) is 3. The predicted octanol–water partition coefficient (Wildman–Crippen LogP) is 1.07. The van der Waals surface area contributed by atoms with E-state index in [0.717, 1.165) is 12.8 Å². The van der Waals surface area contributed by atoms with Crippen molar-refractivity contribution in [2.24, 2.45) is 16.8 Å². The molecule has 0 spiro atoms. The van der Waals surface area contributed by atoms with Gasteiger partial charge in [0.25, 0.3) is 0 Å². The van der Waals surface area contributed by atoms with E-state index < -0.39 is 0 Å². The molecule has 0 radical (unpaired) electrons. The molecule has 5 heteroatoms. The fraction of sp³-hybridized carbons (Fsp3) is 0.800. The van der Waals surface area contributed by atoms with Crippen molar-refractivity contribution in [3.63, 3.8) is 0 Å². The standard InChI is InChI=1S/C10H21N3O2/c1-8(2)5-3-4-6-12-10(14)7-9(11)13-15/h8,15H,3-7H2,1-2H3,(H2,11,13)(H,12,14). The Kier molecular flexibility index (Phi) is 7.40. The summed E-state index contributed by atoms with van der Waals surface area (Å²) in [4.78, 5) is 11.1. The summed E-state index contributed by atoms with van der Waals surface area (Å²) < 4.78 is 0. The molecule has 0 aromatic rings. The molecule has 0 heterocycles. The van der Waals surface area contributed by atoms with Gasteiger partial charge in [-0.25, -0.2) is 0 Å². The van der Waals surface area contributed by atoms with E-state index in [-0.39, 0.29) is 18.2 Å². The Balaban J connectivity index is 3.40. The van der Waals surface area contributed by atoms with Gasteiger partial charge in [-0.1, -0.05) is 31.8 Å². The lowest BCUT2D eigenvalue weighted by atomic mass is 10.1. The lowest BCUT2D eigenvalue weighted by Gasteiger charge is -2.05. The Morgan fingerprint density at radius 2 is 2.13 bits per heavy atom. The summed E-state index contributed by atoms with van der Waals surface area (Å²) in [7, 11) is 0. The van der Waals surface area contributed by atoms with Crippen LogP contribution in [0.3, 0.4) is 0 Å². The molecule has 0 aromatic heterocycles.